The van der Waals surface area contributed by atoms with Gasteiger partial charge < -0.3 is 37.2 Å². The minimum atomic E-state index is -1.77. The molecule has 0 bridgehead atoms. The fourth-order valence-corrected chi connectivity index (χ4v) is 11.5. The molecular formula is C23H35Cl3SiTi. The zero-order valence-corrected chi connectivity index (χ0v) is 23.4. The van der Waals surface area contributed by atoms with Crippen LogP contribution in [0.15, 0.2) is 30.3 Å². The molecule has 0 aliphatic rings. The van der Waals surface area contributed by atoms with E-state index < -0.39 is 8.07 Å². The summed E-state index contributed by atoms with van der Waals surface area (Å²) in [5, 5.41) is 3.37. The van der Waals surface area contributed by atoms with Gasteiger partial charge in [0.1, 0.15) is 0 Å². The molecule has 2 aromatic carbocycles. The van der Waals surface area contributed by atoms with Gasteiger partial charge in [0, 0.05) is 0 Å². The van der Waals surface area contributed by atoms with Crippen molar-refractivity contribution in [3.8, 4) is 0 Å². The van der Waals surface area contributed by atoms with E-state index >= 15 is 0 Å². The molecule has 0 saturated carbocycles. The quantitative estimate of drug-likeness (QED) is 0.290. The molecule has 0 aliphatic heterocycles. The van der Waals surface area contributed by atoms with Gasteiger partial charge in [-0.3, -0.25) is 0 Å². The van der Waals surface area contributed by atoms with Gasteiger partial charge >= 0.3 is 21.7 Å². The standard InChI is InChI=1S/C23H35Si.3ClH.Ti/c1-16(2)14-24(15-17(3)4,22-12-10-9-11-13-22)23-20(7)18(5)19(6)21(23)8;;;;/h9-13,16-17H,14-15H2,1-8H3;3*1H;/q-1;;;;+4/p-3. The Hall–Kier alpha value is 0.371. The summed E-state index contributed by atoms with van der Waals surface area (Å²) >= 11 is 0. The summed E-state index contributed by atoms with van der Waals surface area (Å²) in [6, 6.07) is 14.2. The van der Waals surface area contributed by atoms with Crippen LogP contribution < -0.4 is 47.6 Å². The van der Waals surface area contributed by atoms with Gasteiger partial charge in [0.25, 0.3) is 0 Å². The van der Waals surface area contributed by atoms with Gasteiger partial charge in [-0.2, -0.15) is 22.3 Å². The van der Waals surface area contributed by atoms with Crippen LogP contribution in [0.5, 0.6) is 0 Å². The Labute approximate surface area is 208 Å². The van der Waals surface area contributed by atoms with E-state index in [2.05, 4.69) is 85.7 Å². The van der Waals surface area contributed by atoms with Crippen molar-refractivity contribution in [2.75, 3.05) is 0 Å². The molecule has 0 radical (unpaired) electrons. The van der Waals surface area contributed by atoms with Crippen molar-refractivity contribution in [1.29, 1.82) is 0 Å². The van der Waals surface area contributed by atoms with Crippen LogP contribution in [0, 0.1) is 39.5 Å². The SMILES string of the molecule is Cc1c(C)c(C)[c-]([Si](CC(C)C)(CC(C)C)c2ccccc2)c1C.[Cl-].[Cl-].[Cl-].[Ti+4]. The van der Waals surface area contributed by atoms with Gasteiger partial charge in [0.2, 0.25) is 0 Å². The predicted octanol–water partition coefficient (Wildman–Crippen LogP) is -3.48. The summed E-state index contributed by atoms with van der Waals surface area (Å²) in [7, 11) is -1.77. The van der Waals surface area contributed by atoms with Gasteiger partial charge in [0.15, 0.2) is 0 Å². The summed E-state index contributed by atoms with van der Waals surface area (Å²) in [5.41, 5.74) is 6.18. The summed E-state index contributed by atoms with van der Waals surface area (Å²) in [6.07, 6.45) is 0. The monoisotopic (exact) mass is 492 g/mol. The number of rotatable bonds is 6. The van der Waals surface area contributed by atoms with Gasteiger partial charge in [-0.15, -0.1) is 5.19 Å². The average Bonchev–Trinajstić information content (AvgIpc) is 2.70. The molecule has 5 heteroatoms. The molecule has 28 heavy (non-hydrogen) atoms. The van der Waals surface area contributed by atoms with E-state index in [9.17, 15) is 0 Å². The summed E-state index contributed by atoms with van der Waals surface area (Å²) in [5.74, 6) is 1.45. The van der Waals surface area contributed by atoms with Crippen molar-refractivity contribution in [3.63, 3.8) is 0 Å². The van der Waals surface area contributed by atoms with E-state index in [-0.39, 0.29) is 58.9 Å². The smallest absolute Gasteiger partial charge is 1.00 e. The third-order valence-corrected chi connectivity index (χ3v) is 11.9. The topological polar surface area (TPSA) is 0 Å². The molecule has 0 spiro atoms. The first-order valence-corrected chi connectivity index (χ1v) is 11.9. The average molecular weight is 494 g/mol. The molecule has 0 heterocycles. The fourth-order valence-electron chi connectivity index (χ4n) is 4.76. The van der Waals surface area contributed by atoms with Gasteiger partial charge in [0.05, 0.1) is 8.07 Å². The van der Waals surface area contributed by atoms with Crippen LogP contribution in [0.3, 0.4) is 0 Å². The van der Waals surface area contributed by atoms with E-state index in [4.69, 9.17) is 0 Å². The Morgan fingerprint density at radius 2 is 1.07 bits per heavy atom. The van der Waals surface area contributed by atoms with Crippen LogP contribution in [0.1, 0.15) is 49.9 Å². The van der Waals surface area contributed by atoms with Crippen molar-refractivity contribution >= 4 is 18.4 Å². The maximum atomic E-state index is 2.41. The van der Waals surface area contributed by atoms with Gasteiger partial charge in [-0.1, -0.05) is 103 Å². The molecule has 2 rings (SSSR count). The first-order valence-electron chi connectivity index (χ1n) is 9.49. The summed E-state index contributed by atoms with van der Waals surface area (Å²) in [6.45, 7) is 19.0. The number of hydrogen-bond donors (Lipinski definition) is 0. The molecule has 0 aliphatic carbocycles. The summed E-state index contributed by atoms with van der Waals surface area (Å²) < 4.78 is 0. The molecule has 2 aromatic rings. The first-order chi connectivity index (χ1) is 11.2. The van der Waals surface area contributed by atoms with E-state index in [1.54, 1.807) is 21.5 Å². The largest absolute Gasteiger partial charge is 4.00 e. The Balaban J connectivity index is -0.00000156. The van der Waals surface area contributed by atoms with Crippen molar-refractivity contribution in [2.45, 2.75) is 67.5 Å². The zero-order valence-electron chi connectivity index (χ0n) is 18.6. The van der Waals surface area contributed by atoms with Crippen molar-refractivity contribution in [2.24, 2.45) is 11.8 Å². The number of hydrogen-bond acceptors (Lipinski definition) is 0. The zero-order chi connectivity index (χ0) is 18.1. The van der Waals surface area contributed by atoms with Gasteiger partial charge in [-0.05, 0) is 11.8 Å². The Morgan fingerprint density at radius 1 is 0.714 bits per heavy atom. The molecular weight excluding hydrogens is 459 g/mol. The van der Waals surface area contributed by atoms with Crippen LogP contribution >= 0.6 is 0 Å². The molecule has 0 nitrogen and oxygen atoms in total. The Bertz CT molecular complexity index is 658. The second-order valence-corrected chi connectivity index (χ2v) is 12.6. The van der Waals surface area contributed by atoms with E-state index in [1.165, 1.54) is 23.2 Å². The van der Waals surface area contributed by atoms with E-state index in [0.29, 0.717) is 0 Å². The molecule has 0 atom stereocenters. The van der Waals surface area contributed by atoms with Crippen LogP contribution in [0.2, 0.25) is 12.1 Å². The molecule has 0 fully saturated rings. The first kappa shape index (κ1) is 33.0. The van der Waals surface area contributed by atoms with Crippen LogP contribution in [0.25, 0.3) is 0 Å². The fraction of sp³-hybridized carbons (Fsp3) is 0.522. The predicted molar refractivity (Wildman–Crippen MR) is 112 cm³/mol. The molecule has 0 amide bonds. The minimum absolute atomic E-state index is 0. The number of benzene rings is 1. The van der Waals surface area contributed by atoms with Crippen molar-refractivity contribution < 1.29 is 58.9 Å². The van der Waals surface area contributed by atoms with Crippen LogP contribution in [0.4, 0.5) is 0 Å². The summed E-state index contributed by atoms with van der Waals surface area (Å²) in [4.78, 5) is 0. The van der Waals surface area contributed by atoms with Crippen LogP contribution in [-0.2, 0) is 21.7 Å². The molecule has 0 unspecified atom stereocenters. The van der Waals surface area contributed by atoms with Crippen molar-refractivity contribution in [1.82, 2.24) is 0 Å². The minimum Gasteiger partial charge on any atom is -1.00 e. The normalized spacial score (nSPS) is 10.6. The molecule has 0 aromatic heterocycles. The van der Waals surface area contributed by atoms with Crippen molar-refractivity contribution in [3.05, 3.63) is 52.6 Å². The molecule has 156 valence electrons. The van der Waals surface area contributed by atoms with Crippen LogP contribution in [-0.4, -0.2) is 8.07 Å². The Morgan fingerprint density at radius 3 is 1.39 bits per heavy atom. The maximum absolute atomic E-state index is 2.41. The maximum Gasteiger partial charge on any atom is 4.00 e. The second kappa shape index (κ2) is 13.6. The third kappa shape index (κ3) is 6.69. The van der Waals surface area contributed by atoms with Gasteiger partial charge in [-0.25, -0.2) is 0 Å². The Kier molecular flexibility index (Phi) is 16.1. The molecule has 0 N–H and O–H groups in total. The number of halogens is 3. The van der Waals surface area contributed by atoms with E-state index in [1.807, 2.05) is 0 Å². The third-order valence-electron chi connectivity index (χ3n) is 5.76. The van der Waals surface area contributed by atoms with E-state index in [0.717, 1.165) is 11.8 Å². The molecule has 0 saturated heterocycles. The second-order valence-electron chi connectivity index (χ2n) is 8.52.